The fraction of sp³-hybridized carbons (Fsp3) is 0.294. The minimum Gasteiger partial charge on any atom is -0.484 e. The van der Waals surface area contributed by atoms with Crippen molar-refractivity contribution in [2.24, 2.45) is 0 Å². The zero-order chi connectivity index (χ0) is 16.3. The third-order valence-corrected chi connectivity index (χ3v) is 4.44. The third kappa shape index (κ3) is 3.66. The largest absolute Gasteiger partial charge is 0.484 e. The summed E-state index contributed by atoms with van der Waals surface area (Å²) < 4.78 is 5.52. The van der Waals surface area contributed by atoms with Gasteiger partial charge in [0.25, 0.3) is 5.91 Å². The van der Waals surface area contributed by atoms with Gasteiger partial charge < -0.3 is 10.1 Å². The average Bonchev–Trinajstić information content (AvgIpc) is 2.70. The van der Waals surface area contributed by atoms with Crippen molar-refractivity contribution in [2.75, 3.05) is 11.9 Å². The van der Waals surface area contributed by atoms with Crippen molar-refractivity contribution in [3.05, 3.63) is 45.3 Å². The Labute approximate surface area is 134 Å². The van der Waals surface area contributed by atoms with E-state index in [-0.39, 0.29) is 12.5 Å². The number of nitrogens with one attached hydrogen (secondary N) is 1. The minimum absolute atomic E-state index is 0.0796. The Bertz CT molecular complexity index is 736. The number of nitrogens with zero attached hydrogens (tertiary/aromatic N) is 1. The van der Waals surface area contributed by atoms with E-state index in [1.165, 1.54) is 11.3 Å². The third-order valence-electron chi connectivity index (χ3n) is 3.32. The first-order valence-electron chi connectivity index (χ1n) is 6.91. The van der Waals surface area contributed by atoms with Crippen molar-refractivity contribution in [3.63, 3.8) is 0 Å². The van der Waals surface area contributed by atoms with E-state index in [1.807, 2.05) is 45.9 Å². The maximum Gasteiger partial charge on any atom is 0.262 e. The first kappa shape index (κ1) is 16.1. The highest BCUT2D eigenvalue weighted by Gasteiger charge is 2.14. The lowest BCUT2D eigenvalue weighted by Crippen LogP contribution is -2.20. The van der Waals surface area contributed by atoms with Crippen molar-refractivity contribution < 1.29 is 9.53 Å². The number of carbonyl (C=O) groups excluding carboxylic acids is 1. The Kier molecular flexibility index (Phi) is 4.84. The van der Waals surface area contributed by atoms with Gasteiger partial charge in [-0.15, -0.1) is 11.3 Å². The minimum atomic E-state index is -0.267. The summed E-state index contributed by atoms with van der Waals surface area (Å²) in [5.41, 5.74) is 3.62. The molecule has 0 aliphatic heterocycles. The van der Waals surface area contributed by atoms with Crippen LogP contribution < -0.4 is 10.1 Å². The Morgan fingerprint density at radius 1 is 1.23 bits per heavy atom. The van der Waals surface area contributed by atoms with E-state index in [2.05, 4.69) is 11.4 Å². The number of amides is 1. The van der Waals surface area contributed by atoms with Crippen LogP contribution in [-0.2, 0) is 4.79 Å². The molecular formula is C17H18N2O2S. The van der Waals surface area contributed by atoms with E-state index in [1.54, 1.807) is 0 Å². The average molecular weight is 314 g/mol. The lowest BCUT2D eigenvalue weighted by molar-refractivity contribution is -0.118. The molecule has 22 heavy (non-hydrogen) atoms. The lowest BCUT2D eigenvalue weighted by atomic mass is 10.1. The molecule has 0 saturated carbocycles. The molecule has 1 aromatic carbocycles. The Hall–Kier alpha value is -2.32. The summed E-state index contributed by atoms with van der Waals surface area (Å²) in [6, 6.07) is 7.96. The second-order valence-corrected chi connectivity index (χ2v) is 6.48. The summed E-state index contributed by atoms with van der Waals surface area (Å²) in [5.74, 6) is 0.406. The first-order valence-corrected chi connectivity index (χ1v) is 7.73. The van der Waals surface area contributed by atoms with Gasteiger partial charge in [0, 0.05) is 4.88 Å². The van der Waals surface area contributed by atoms with Gasteiger partial charge in [0.2, 0.25) is 0 Å². The number of ether oxygens (including phenoxy) is 1. The molecule has 2 rings (SSSR count). The zero-order valence-corrected chi connectivity index (χ0v) is 13.9. The Balaban J connectivity index is 2.02. The second kappa shape index (κ2) is 6.63. The van der Waals surface area contributed by atoms with Gasteiger partial charge in [-0.05, 0) is 56.5 Å². The molecule has 0 aliphatic rings. The Morgan fingerprint density at radius 2 is 1.86 bits per heavy atom. The van der Waals surface area contributed by atoms with Gasteiger partial charge in [-0.1, -0.05) is 6.07 Å². The van der Waals surface area contributed by atoms with Crippen LogP contribution >= 0.6 is 11.3 Å². The molecule has 0 fully saturated rings. The van der Waals surface area contributed by atoms with E-state index in [0.717, 1.165) is 21.6 Å². The molecule has 5 heteroatoms. The lowest BCUT2D eigenvalue weighted by Gasteiger charge is -2.08. The van der Waals surface area contributed by atoms with Gasteiger partial charge >= 0.3 is 0 Å². The van der Waals surface area contributed by atoms with Crippen LogP contribution in [0.1, 0.15) is 27.1 Å². The van der Waals surface area contributed by atoms with Crippen molar-refractivity contribution in [1.82, 2.24) is 0 Å². The number of hydrogen-bond acceptors (Lipinski definition) is 4. The van der Waals surface area contributed by atoms with Crippen LogP contribution in [0.15, 0.2) is 18.2 Å². The molecule has 1 amide bonds. The van der Waals surface area contributed by atoms with Gasteiger partial charge in [0.05, 0.1) is 5.56 Å². The van der Waals surface area contributed by atoms with Crippen molar-refractivity contribution >= 4 is 22.2 Å². The highest BCUT2D eigenvalue weighted by Crippen LogP contribution is 2.31. The number of hydrogen-bond donors (Lipinski definition) is 1. The summed E-state index contributed by atoms with van der Waals surface area (Å²) in [6.45, 7) is 7.70. The number of anilines is 1. The molecule has 0 atom stereocenters. The predicted octanol–water partition coefficient (Wildman–Crippen LogP) is 3.87. The van der Waals surface area contributed by atoms with Crippen molar-refractivity contribution in [2.45, 2.75) is 27.7 Å². The monoisotopic (exact) mass is 314 g/mol. The summed E-state index contributed by atoms with van der Waals surface area (Å²) in [5, 5.41) is 12.5. The van der Waals surface area contributed by atoms with E-state index < -0.39 is 0 Å². The molecule has 0 unspecified atom stereocenters. The van der Waals surface area contributed by atoms with Gasteiger partial charge in [0.15, 0.2) is 6.61 Å². The normalized spacial score (nSPS) is 10.1. The smallest absolute Gasteiger partial charge is 0.262 e. The van der Waals surface area contributed by atoms with E-state index in [9.17, 15) is 4.79 Å². The molecular weight excluding hydrogens is 296 g/mol. The van der Waals surface area contributed by atoms with E-state index >= 15 is 0 Å². The molecule has 4 nitrogen and oxygen atoms in total. The quantitative estimate of drug-likeness (QED) is 0.931. The molecule has 0 spiro atoms. The molecule has 0 saturated heterocycles. The number of rotatable bonds is 4. The fourth-order valence-electron chi connectivity index (χ4n) is 2.18. The fourth-order valence-corrected chi connectivity index (χ4v) is 3.20. The molecule has 2 aromatic rings. The Morgan fingerprint density at radius 3 is 2.45 bits per heavy atom. The van der Waals surface area contributed by atoms with Gasteiger partial charge in [-0.3, -0.25) is 4.79 Å². The van der Waals surface area contributed by atoms with E-state index in [4.69, 9.17) is 10.00 Å². The van der Waals surface area contributed by atoms with Crippen LogP contribution in [0.3, 0.4) is 0 Å². The predicted molar refractivity (Wildman–Crippen MR) is 88.5 cm³/mol. The number of benzene rings is 1. The molecule has 0 radical (unpaired) electrons. The molecule has 114 valence electrons. The van der Waals surface area contributed by atoms with Crippen molar-refractivity contribution in [3.8, 4) is 11.8 Å². The van der Waals surface area contributed by atoms with Crippen LogP contribution in [-0.4, -0.2) is 12.5 Å². The topological polar surface area (TPSA) is 62.1 Å². The number of thiophene rings is 1. The second-order valence-electron chi connectivity index (χ2n) is 5.26. The number of nitriles is 1. The van der Waals surface area contributed by atoms with Crippen LogP contribution in [0.2, 0.25) is 0 Å². The van der Waals surface area contributed by atoms with Gasteiger partial charge in [0.1, 0.15) is 16.8 Å². The molecule has 1 heterocycles. The maximum atomic E-state index is 12.0. The highest BCUT2D eigenvalue weighted by molar-refractivity contribution is 7.16. The standard InChI is InChI=1S/C17H18N2O2S/c1-10-5-11(2)7-14(6-10)21-9-16(20)19-17-15(8-18)12(3)13(4)22-17/h5-7H,9H2,1-4H3,(H,19,20). The summed E-state index contributed by atoms with van der Waals surface area (Å²) in [4.78, 5) is 13.0. The van der Waals surface area contributed by atoms with Gasteiger partial charge in [-0.25, -0.2) is 0 Å². The van der Waals surface area contributed by atoms with Crippen molar-refractivity contribution in [1.29, 1.82) is 5.26 Å². The zero-order valence-electron chi connectivity index (χ0n) is 13.1. The summed E-state index contributed by atoms with van der Waals surface area (Å²) in [7, 11) is 0. The highest BCUT2D eigenvalue weighted by atomic mass is 32.1. The molecule has 1 N–H and O–H groups in total. The molecule has 1 aromatic heterocycles. The molecule has 0 aliphatic carbocycles. The van der Waals surface area contributed by atoms with Crippen LogP contribution in [0.4, 0.5) is 5.00 Å². The van der Waals surface area contributed by atoms with Crippen LogP contribution in [0, 0.1) is 39.0 Å². The summed E-state index contributed by atoms with van der Waals surface area (Å²) in [6.07, 6.45) is 0. The first-order chi connectivity index (χ1) is 10.4. The SMILES string of the molecule is Cc1cc(C)cc(OCC(=O)Nc2sc(C)c(C)c2C#N)c1. The van der Waals surface area contributed by atoms with Crippen LogP contribution in [0.25, 0.3) is 0 Å². The van der Waals surface area contributed by atoms with Crippen LogP contribution in [0.5, 0.6) is 5.75 Å². The number of aryl methyl sites for hydroxylation is 3. The van der Waals surface area contributed by atoms with Gasteiger partial charge in [-0.2, -0.15) is 5.26 Å². The molecule has 0 bridgehead atoms. The number of carbonyl (C=O) groups is 1. The summed E-state index contributed by atoms with van der Waals surface area (Å²) >= 11 is 1.41. The van der Waals surface area contributed by atoms with E-state index in [0.29, 0.717) is 16.3 Å². The maximum absolute atomic E-state index is 12.0.